The summed E-state index contributed by atoms with van der Waals surface area (Å²) < 4.78 is 20.8. The lowest BCUT2D eigenvalue weighted by molar-refractivity contribution is -0.156. The zero-order valence-electron chi connectivity index (χ0n) is 18.6. The normalized spacial score (nSPS) is 10.9. The first-order valence-corrected chi connectivity index (χ1v) is 10.3. The number of rotatable bonds is 14. The second-order valence-corrected chi connectivity index (χ2v) is 7.69. The lowest BCUT2D eigenvalue weighted by Crippen LogP contribution is -2.31. The number of carbonyl (C=O) groups excluding carboxylic acids is 3. The number of amides is 2. The van der Waals surface area contributed by atoms with Crippen LogP contribution in [0.2, 0.25) is 0 Å². The van der Waals surface area contributed by atoms with E-state index in [4.69, 9.17) is 18.9 Å². The highest BCUT2D eigenvalue weighted by Crippen LogP contribution is 2.08. The van der Waals surface area contributed by atoms with E-state index in [1.807, 2.05) is 30.3 Å². The molecule has 1 aromatic rings. The molecule has 0 atom stereocenters. The maximum atomic E-state index is 11.6. The Labute approximate surface area is 183 Å². The van der Waals surface area contributed by atoms with Crippen LogP contribution in [0.15, 0.2) is 30.3 Å². The Morgan fingerprint density at radius 1 is 0.903 bits per heavy atom. The van der Waals surface area contributed by atoms with Crippen molar-refractivity contribution in [2.24, 2.45) is 0 Å². The van der Waals surface area contributed by atoms with Crippen LogP contribution in [0.1, 0.15) is 39.2 Å². The summed E-state index contributed by atoms with van der Waals surface area (Å²) in [5, 5.41) is 5.28. The van der Waals surface area contributed by atoms with Crippen LogP contribution in [0, 0.1) is 0 Å². The zero-order chi connectivity index (χ0) is 23.0. The van der Waals surface area contributed by atoms with E-state index in [9.17, 15) is 14.4 Å². The summed E-state index contributed by atoms with van der Waals surface area (Å²) in [6.45, 7) is 7.14. The van der Waals surface area contributed by atoms with Crippen LogP contribution >= 0.6 is 0 Å². The van der Waals surface area contributed by atoms with Crippen LogP contribution in [-0.2, 0) is 35.1 Å². The van der Waals surface area contributed by atoms with E-state index in [1.165, 1.54) is 0 Å². The minimum absolute atomic E-state index is 0.0731. The van der Waals surface area contributed by atoms with Gasteiger partial charge < -0.3 is 29.6 Å². The molecule has 0 radical (unpaired) electrons. The summed E-state index contributed by atoms with van der Waals surface area (Å²) in [5.41, 5.74) is 0.410. The molecular weight excluding hydrogens is 404 g/mol. The fraction of sp³-hybridized carbons (Fsp3) is 0.591. The molecule has 9 heteroatoms. The molecule has 2 N–H and O–H groups in total. The van der Waals surface area contributed by atoms with Gasteiger partial charge >= 0.3 is 12.1 Å². The molecule has 0 aliphatic carbocycles. The van der Waals surface area contributed by atoms with Crippen molar-refractivity contribution in [1.82, 2.24) is 10.6 Å². The van der Waals surface area contributed by atoms with Gasteiger partial charge in [0.2, 0.25) is 5.91 Å². The van der Waals surface area contributed by atoms with Crippen molar-refractivity contribution in [3.63, 3.8) is 0 Å². The lowest BCUT2D eigenvalue weighted by atomic mass is 10.2. The molecule has 2 amide bonds. The minimum atomic E-state index is -0.507. The first kappa shape index (κ1) is 26.4. The molecule has 0 saturated carbocycles. The zero-order valence-corrected chi connectivity index (χ0v) is 18.6. The van der Waals surface area contributed by atoms with Crippen LogP contribution in [0.3, 0.4) is 0 Å². The molecule has 0 fully saturated rings. The van der Waals surface area contributed by atoms with E-state index in [-0.39, 0.29) is 38.1 Å². The summed E-state index contributed by atoms with van der Waals surface area (Å²) in [7, 11) is 0. The van der Waals surface area contributed by atoms with Gasteiger partial charge in [0.25, 0.3) is 0 Å². The Hall–Kier alpha value is -2.65. The molecule has 0 aliphatic heterocycles. The van der Waals surface area contributed by atoms with Crippen molar-refractivity contribution >= 4 is 18.0 Å². The van der Waals surface area contributed by atoms with Gasteiger partial charge in [0.05, 0.1) is 19.6 Å². The summed E-state index contributed by atoms with van der Waals surface area (Å²) in [6, 6.07) is 9.41. The molecule has 0 saturated heterocycles. The Bertz CT molecular complexity index is 660. The van der Waals surface area contributed by atoms with E-state index in [0.29, 0.717) is 32.7 Å². The Morgan fingerprint density at radius 3 is 2.35 bits per heavy atom. The first-order valence-electron chi connectivity index (χ1n) is 10.3. The predicted molar refractivity (Wildman–Crippen MR) is 114 cm³/mol. The summed E-state index contributed by atoms with van der Waals surface area (Å²) >= 11 is 0. The van der Waals surface area contributed by atoms with Crippen molar-refractivity contribution in [2.45, 2.75) is 45.8 Å². The Kier molecular flexibility index (Phi) is 12.9. The molecule has 0 spiro atoms. The van der Waals surface area contributed by atoms with Gasteiger partial charge in [0.1, 0.15) is 18.8 Å². The minimum Gasteiger partial charge on any atom is -0.460 e. The van der Waals surface area contributed by atoms with Crippen LogP contribution in [0.25, 0.3) is 0 Å². The number of benzene rings is 1. The van der Waals surface area contributed by atoms with Crippen LogP contribution in [0.5, 0.6) is 0 Å². The van der Waals surface area contributed by atoms with E-state index in [0.717, 1.165) is 5.56 Å². The molecule has 0 heterocycles. The van der Waals surface area contributed by atoms with Gasteiger partial charge in [0, 0.05) is 19.7 Å². The van der Waals surface area contributed by atoms with Crippen molar-refractivity contribution in [3.05, 3.63) is 35.9 Å². The second kappa shape index (κ2) is 15.2. The van der Waals surface area contributed by atoms with Crippen molar-refractivity contribution in [3.8, 4) is 0 Å². The predicted octanol–water partition coefficient (Wildman–Crippen LogP) is 2.18. The highest BCUT2D eigenvalue weighted by atomic mass is 16.6. The topological polar surface area (TPSA) is 112 Å². The summed E-state index contributed by atoms with van der Waals surface area (Å²) in [5.74, 6) is -0.574. The van der Waals surface area contributed by atoms with Crippen molar-refractivity contribution < 1.29 is 33.3 Å². The fourth-order valence-electron chi connectivity index (χ4n) is 2.27. The Balaban J connectivity index is 1.90. The number of hydrogen-bond donors (Lipinski definition) is 2. The van der Waals surface area contributed by atoms with Crippen LogP contribution in [-0.4, -0.2) is 63.1 Å². The maximum absolute atomic E-state index is 11.6. The molecule has 31 heavy (non-hydrogen) atoms. The van der Waals surface area contributed by atoms with Gasteiger partial charge in [-0.3, -0.25) is 9.59 Å². The highest BCUT2D eigenvalue weighted by Gasteiger charge is 2.15. The Morgan fingerprint density at radius 2 is 1.65 bits per heavy atom. The SMILES string of the molecule is CC(C)(C)OC(=O)CCOCCNC(=O)COCCCNC(=O)OCc1ccccc1. The molecule has 0 unspecified atom stereocenters. The van der Waals surface area contributed by atoms with E-state index in [2.05, 4.69) is 10.6 Å². The standard InChI is InChI=1S/C22H34N2O7/c1-22(2,3)31-20(26)10-14-28-15-12-23-19(25)17-29-13-7-11-24-21(27)30-16-18-8-5-4-6-9-18/h4-6,8-9H,7,10-17H2,1-3H3,(H,23,25)(H,24,27). The van der Waals surface area contributed by atoms with Crippen LogP contribution in [0.4, 0.5) is 4.79 Å². The highest BCUT2D eigenvalue weighted by molar-refractivity contribution is 5.77. The number of nitrogens with one attached hydrogen (secondary N) is 2. The number of alkyl carbamates (subject to hydrolysis) is 1. The average Bonchev–Trinajstić information content (AvgIpc) is 2.71. The lowest BCUT2D eigenvalue weighted by Gasteiger charge is -2.19. The quantitative estimate of drug-likeness (QED) is 0.338. The fourth-order valence-corrected chi connectivity index (χ4v) is 2.27. The molecule has 1 aromatic carbocycles. The third-order valence-electron chi connectivity index (χ3n) is 3.62. The van der Waals surface area contributed by atoms with Gasteiger partial charge in [-0.1, -0.05) is 30.3 Å². The average molecular weight is 439 g/mol. The van der Waals surface area contributed by atoms with Gasteiger partial charge in [0.15, 0.2) is 0 Å². The molecule has 0 aliphatic rings. The number of carbonyl (C=O) groups is 3. The number of esters is 1. The van der Waals surface area contributed by atoms with Gasteiger partial charge in [-0.15, -0.1) is 0 Å². The molecule has 174 valence electrons. The molecular formula is C22H34N2O7. The molecule has 0 bridgehead atoms. The summed E-state index contributed by atoms with van der Waals surface area (Å²) in [4.78, 5) is 34.7. The largest absolute Gasteiger partial charge is 0.460 e. The second-order valence-electron chi connectivity index (χ2n) is 7.69. The van der Waals surface area contributed by atoms with Crippen molar-refractivity contribution in [1.29, 1.82) is 0 Å². The number of ether oxygens (including phenoxy) is 4. The van der Waals surface area contributed by atoms with E-state index >= 15 is 0 Å². The summed E-state index contributed by atoms with van der Waals surface area (Å²) in [6.07, 6.45) is 0.234. The van der Waals surface area contributed by atoms with E-state index < -0.39 is 11.7 Å². The molecule has 1 rings (SSSR count). The monoisotopic (exact) mass is 438 g/mol. The third-order valence-corrected chi connectivity index (χ3v) is 3.62. The van der Waals surface area contributed by atoms with E-state index in [1.54, 1.807) is 20.8 Å². The van der Waals surface area contributed by atoms with Gasteiger partial charge in [-0.05, 0) is 32.8 Å². The maximum Gasteiger partial charge on any atom is 0.407 e. The first-order chi connectivity index (χ1) is 14.8. The smallest absolute Gasteiger partial charge is 0.407 e. The number of hydrogen-bond acceptors (Lipinski definition) is 7. The molecule has 9 nitrogen and oxygen atoms in total. The molecule has 0 aromatic heterocycles. The van der Waals surface area contributed by atoms with Gasteiger partial charge in [-0.2, -0.15) is 0 Å². The van der Waals surface area contributed by atoms with Crippen LogP contribution < -0.4 is 10.6 Å². The van der Waals surface area contributed by atoms with Crippen molar-refractivity contribution in [2.75, 3.05) is 39.5 Å². The third kappa shape index (κ3) is 15.8. The van der Waals surface area contributed by atoms with Gasteiger partial charge in [-0.25, -0.2) is 4.79 Å².